The Hall–Kier alpha value is -2.47. The van der Waals surface area contributed by atoms with Crippen molar-refractivity contribution in [3.63, 3.8) is 0 Å². The van der Waals surface area contributed by atoms with E-state index in [2.05, 4.69) is 37.4 Å². The molecule has 0 bridgehead atoms. The number of anilines is 1. The molecule has 0 aliphatic carbocycles. The van der Waals surface area contributed by atoms with E-state index in [4.69, 9.17) is 10.00 Å². The third-order valence-corrected chi connectivity index (χ3v) is 3.51. The van der Waals surface area contributed by atoms with Gasteiger partial charge in [-0.05, 0) is 49.2 Å². The van der Waals surface area contributed by atoms with Crippen molar-refractivity contribution in [2.75, 3.05) is 12.4 Å². The fourth-order valence-corrected chi connectivity index (χ4v) is 2.24. The van der Waals surface area contributed by atoms with Gasteiger partial charge in [-0.15, -0.1) is 0 Å². The van der Waals surface area contributed by atoms with Gasteiger partial charge in [0.2, 0.25) is 0 Å². The average molecular weight is 280 g/mol. The Labute approximate surface area is 126 Å². The summed E-state index contributed by atoms with van der Waals surface area (Å²) >= 11 is 0. The van der Waals surface area contributed by atoms with Gasteiger partial charge >= 0.3 is 0 Å². The van der Waals surface area contributed by atoms with Crippen molar-refractivity contribution in [2.24, 2.45) is 0 Å². The number of nitrogens with one attached hydrogen (secondary N) is 1. The molecule has 0 saturated heterocycles. The molecule has 0 aliphatic rings. The number of rotatable bonds is 5. The molecule has 0 amide bonds. The largest absolute Gasteiger partial charge is 0.497 e. The summed E-state index contributed by atoms with van der Waals surface area (Å²) in [5.74, 6) is 0.857. The summed E-state index contributed by atoms with van der Waals surface area (Å²) in [5.41, 5.74) is 3.07. The molecular formula is C18H20N2O. The predicted molar refractivity (Wildman–Crippen MR) is 85.4 cm³/mol. The number of hydrogen-bond donors (Lipinski definition) is 1. The molecule has 21 heavy (non-hydrogen) atoms. The first-order valence-electron chi connectivity index (χ1n) is 6.94. The fraction of sp³-hybridized carbons (Fsp3) is 0.278. The molecule has 0 fully saturated rings. The van der Waals surface area contributed by atoms with Crippen molar-refractivity contribution in [1.82, 2.24) is 0 Å². The first kappa shape index (κ1) is 14.9. The highest BCUT2D eigenvalue weighted by Crippen LogP contribution is 2.27. The van der Waals surface area contributed by atoms with E-state index in [9.17, 15) is 0 Å². The topological polar surface area (TPSA) is 45.0 Å². The second-order valence-corrected chi connectivity index (χ2v) is 5.51. The summed E-state index contributed by atoms with van der Waals surface area (Å²) in [6.07, 6.45) is 0.447. The highest BCUT2D eigenvalue weighted by Gasteiger charge is 2.20. The van der Waals surface area contributed by atoms with Crippen molar-refractivity contribution in [2.45, 2.75) is 25.8 Å². The lowest BCUT2D eigenvalue weighted by Gasteiger charge is -2.28. The van der Waals surface area contributed by atoms with Gasteiger partial charge in [-0.3, -0.25) is 0 Å². The quantitative estimate of drug-likeness (QED) is 0.896. The van der Waals surface area contributed by atoms with E-state index in [1.807, 2.05) is 36.4 Å². The van der Waals surface area contributed by atoms with Gasteiger partial charge in [-0.2, -0.15) is 5.26 Å². The minimum absolute atomic E-state index is 0.191. The lowest BCUT2D eigenvalue weighted by atomic mass is 9.93. The molecule has 0 saturated carbocycles. The average Bonchev–Trinajstić information content (AvgIpc) is 2.49. The SMILES string of the molecule is COc1ccc(C(C)(C)Nc2ccc(CC#N)cc2)cc1. The van der Waals surface area contributed by atoms with Crippen LogP contribution in [0.4, 0.5) is 5.69 Å². The molecule has 2 aromatic carbocycles. The highest BCUT2D eigenvalue weighted by molar-refractivity contribution is 5.49. The number of nitrogens with zero attached hydrogens (tertiary/aromatic N) is 1. The Bertz CT molecular complexity index is 622. The van der Waals surface area contributed by atoms with E-state index in [1.54, 1.807) is 7.11 Å². The second kappa shape index (κ2) is 6.32. The standard InChI is InChI=1S/C18H20N2O/c1-18(2,15-6-10-17(21-3)11-7-15)20-16-8-4-14(5-9-16)12-13-19/h4-11,20H,12H2,1-3H3. The van der Waals surface area contributed by atoms with E-state index < -0.39 is 0 Å². The molecule has 3 nitrogen and oxygen atoms in total. The number of benzene rings is 2. The maximum atomic E-state index is 8.69. The Morgan fingerprint density at radius 1 is 1.05 bits per heavy atom. The fourth-order valence-electron chi connectivity index (χ4n) is 2.24. The number of methoxy groups -OCH3 is 1. The summed E-state index contributed by atoms with van der Waals surface area (Å²) in [4.78, 5) is 0. The van der Waals surface area contributed by atoms with Crippen LogP contribution in [-0.4, -0.2) is 7.11 Å². The molecule has 0 heterocycles. The molecule has 2 aromatic rings. The van der Waals surface area contributed by atoms with Crippen molar-refractivity contribution in [1.29, 1.82) is 5.26 Å². The smallest absolute Gasteiger partial charge is 0.118 e. The van der Waals surface area contributed by atoms with Crippen molar-refractivity contribution in [3.8, 4) is 11.8 Å². The van der Waals surface area contributed by atoms with Crippen molar-refractivity contribution < 1.29 is 4.74 Å². The van der Waals surface area contributed by atoms with E-state index in [0.29, 0.717) is 6.42 Å². The monoisotopic (exact) mass is 280 g/mol. The summed E-state index contributed by atoms with van der Waals surface area (Å²) < 4.78 is 5.19. The van der Waals surface area contributed by atoms with Gasteiger partial charge in [-0.1, -0.05) is 24.3 Å². The molecule has 0 radical (unpaired) electrons. The molecule has 1 N–H and O–H groups in total. The van der Waals surface area contributed by atoms with E-state index in [0.717, 1.165) is 17.0 Å². The maximum absolute atomic E-state index is 8.69. The van der Waals surface area contributed by atoms with E-state index in [1.165, 1.54) is 5.56 Å². The van der Waals surface area contributed by atoms with Crippen LogP contribution >= 0.6 is 0 Å². The van der Waals surface area contributed by atoms with Crippen LogP contribution in [0.2, 0.25) is 0 Å². The van der Waals surface area contributed by atoms with Crippen LogP contribution in [0, 0.1) is 11.3 Å². The van der Waals surface area contributed by atoms with Gasteiger partial charge in [-0.25, -0.2) is 0 Å². The third-order valence-electron chi connectivity index (χ3n) is 3.51. The minimum Gasteiger partial charge on any atom is -0.497 e. The third kappa shape index (κ3) is 3.76. The van der Waals surface area contributed by atoms with Crippen molar-refractivity contribution in [3.05, 3.63) is 59.7 Å². The van der Waals surface area contributed by atoms with Crippen LogP contribution in [0.1, 0.15) is 25.0 Å². The Kier molecular flexibility index (Phi) is 4.49. The Morgan fingerprint density at radius 2 is 1.67 bits per heavy atom. The first-order valence-corrected chi connectivity index (χ1v) is 6.94. The number of nitriles is 1. The van der Waals surface area contributed by atoms with Gasteiger partial charge < -0.3 is 10.1 Å². The zero-order valence-electron chi connectivity index (χ0n) is 12.7. The zero-order chi connectivity index (χ0) is 15.3. The van der Waals surface area contributed by atoms with Gasteiger partial charge in [0, 0.05) is 5.69 Å². The van der Waals surface area contributed by atoms with Gasteiger partial charge in [0.15, 0.2) is 0 Å². The first-order chi connectivity index (χ1) is 10.0. The van der Waals surface area contributed by atoms with Crippen LogP contribution in [-0.2, 0) is 12.0 Å². The number of hydrogen-bond acceptors (Lipinski definition) is 3. The predicted octanol–water partition coefficient (Wildman–Crippen LogP) is 4.11. The van der Waals surface area contributed by atoms with Crippen LogP contribution in [0.3, 0.4) is 0 Å². The maximum Gasteiger partial charge on any atom is 0.118 e. The van der Waals surface area contributed by atoms with E-state index >= 15 is 0 Å². The highest BCUT2D eigenvalue weighted by atomic mass is 16.5. The normalized spacial score (nSPS) is 10.8. The lowest BCUT2D eigenvalue weighted by molar-refractivity contribution is 0.414. The molecular weight excluding hydrogens is 260 g/mol. The zero-order valence-corrected chi connectivity index (χ0v) is 12.7. The molecule has 0 unspecified atom stereocenters. The van der Waals surface area contributed by atoms with E-state index in [-0.39, 0.29) is 5.54 Å². The van der Waals surface area contributed by atoms with Crippen molar-refractivity contribution >= 4 is 5.69 Å². The molecule has 3 heteroatoms. The molecule has 0 atom stereocenters. The van der Waals surface area contributed by atoms with Gasteiger partial charge in [0.05, 0.1) is 25.1 Å². The summed E-state index contributed by atoms with van der Waals surface area (Å²) in [6, 6.07) is 18.2. The number of ether oxygens (including phenoxy) is 1. The van der Waals surface area contributed by atoms with Crippen LogP contribution in [0.15, 0.2) is 48.5 Å². The molecule has 108 valence electrons. The Balaban J connectivity index is 2.13. The summed E-state index contributed by atoms with van der Waals surface area (Å²) in [6.45, 7) is 4.27. The molecule has 2 rings (SSSR count). The second-order valence-electron chi connectivity index (χ2n) is 5.51. The molecule has 0 aromatic heterocycles. The lowest BCUT2D eigenvalue weighted by Crippen LogP contribution is -2.27. The van der Waals surface area contributed by atoms with Gasteiger partial charge in [0.25, 0.3) is 0 Å². The molecule has 0 spiro atoms. The summed E-state index contributed by atoms with van der Waals surface area (Å²) in [5, 5.41) is 12.2. The Morgan fingerprint density at radius 3 is 2.19 bits per heavy atom. The van der Waals surface area contributed by atoms with Crippen LogP contribution in [0.25, 0.3) is 0 Å². The van der Waals surface area contributed by atoms with Crippen LogP contribution < -0.4 is 10.1 Å². The molecule has 0 aliphatic heterocycles. The minimum atomic E-state index is -0.191. The van der Waals surface area contributed by atoms with Crippen LogP contribution in [0.5, 0.6) is 5.75 Å². The summed E-state index contributed by atoms with van der Waals surface area (Å²) in [7, 11) is 1.67. The van der Waals surface area contributed by atoms with Gasteiger partial charge in [0.1, 0.15) is 5.75 Å².